The molecule has 0 saturated carbocycles. The Kier molecular flexibility index (Phi) is 5.53. The molecule has 0 radical (unpaired) electrons. The van der Waals surface area contributed by atoms with Gasteiger partial charge in [0, 0.05) is 68.1 Å². The monoisotopic (exact) mass is 404 g/mol. The highest BCUT2D eigenvalue weighted by Crippen LogP contribution is 2.31. The molecule has 0 aliphatic carbocycles. The van der Waals surface area contributed by atoms with Crippen LogP contribution in [0.4, 0.5) is 5.95 Å². The van der Waals surface area contributed by atoms with Crippen molar-refractivity contribution in [3.8, 4) is 22.6 Å². The topological polar surface area (TPSA) is 59.7 Å². The molecule has 1 aromatic carbocycles. The summed E-state index contributed by atoms with van der Waals surface area (Å²) in [6.07, 6.45) is 8.16. The molecular formula is C22H21ClN6. The lowest BCUT2D eigenvalue weighted by molar-refractivity contribution is 0.819. The Labute approximate surface area is 174 Å². The van der Waals surface area contributed by atoms with Crippen molar-refractivity contribution in [3.63, 3.8) is 0 Å². The maximum atomic E-state index is 6.06. The van der Waals surface area contributed by atoms with Crippen molar-refractivity contribution in [2.75, 3.05) is 18.5 Å². The lowest BCUT2D eigenvalue weighted by atomic mass is 10.1. The average Bonchev–Trinajstić information content (AvgIpc) is 3.19. The second-order valence-corrected chi connectivity index (χ2v) is 7.23. The van der Waals surface area contributed by atoms with E-state index in [1.807, 2.05) is 84.6 Å². The van der Waals surface area contributed by atoms with Crippen LogP contribution in [0.2, 0.25) is 5.02 Å². The quantitative estimate of drug-likeness (QED) is 0.480. The van der Waals surface area contributed by atoms with Gasteiger partial charge in [0.05, 0.1) is 0 Å². The minimum Gasteiger partial charge on any atom is -0.343 e. The number of halogens is 1. The van der Waals surface area contributed by atoms with Crippen molar-refractivity contribution in [3.05, 3.63) is 78.0 Å². The van der Waals surface area contributed by atoms with Gasteiger partial charge < -0.3 is 9.47 Å². The summed E-state index contributed by atoms with van der Waals surface area (Å²) in [5.74, 6) is 1.44. The Balaban J connectivity index is 1.68. The van der Waals surface area contributed by atoms with Crippen molar-refractivity contribution >= 4 is 17.5 Å². The number of pyridine rings is 1. The number of aryl methyl sites for hydroxylation is 1. The van der Waals surface area contributed by atoms with Gasteiger partial charge in [0.15, 0.2) is 5.82 Å². The van der Waals surface area contributed by atoms with Crippen molar-refractivity contribution in [1.82, 2.24) is 24.5 Å². The van der Waals surface area contributed by atoms with Crippen LogP contribution >= 0.6 is 11.6 Å². The molecule has 3 aromatic heterocycles. The summed E-state index contributed by atoms with van der Waals surface area (Å²) in [5, 5.41) is 0.694. The fourth-order valence-corrected chi connectivity index (χ4v) is 3.22. The van der Waals surface area contributed by atoms with Gasteiger partial charge in [0.25, 0.3) is 0 Å². The standard InChI is InChI=1S/C22H21ClN6/c1-28-14-12-25-21(28)20-19(16-6-8-17(23)9-7-16)15-26-22(27-20)29(2)13-10-18-5-3-4-11-24-18/h3-9,11-12,14-15H,10,13H2,1-2H3. The summed E-state index contributed by atoms with van der Waals surface area (Å²) < 4.78 is 1.96. The van der Waals surface area contributed by atoms with E-state index < -0.39 is 0 Å². The number of imidazole rings is 1. The minimum atomic E-state index is 0.650. The first-order valence-corrected chi connectivity index (χ1v) is 9.71. The maximum Gasteiger partial charge on any atom is 0.225 e. The Bertz CT molecular complexity index is 1090. The van der Waals surface area contributed by atoms with E-state index in [-0.39, 0.29) is 0 Å². The third-order valence-corrected chi connectivity index (χ3v) is 4.99. The summed E-state index contributed by atoms with van der Waals surface area (Å²) in [6, 6.07) is 13.6. The van der Waals surface area contributed by atoms with Crippen molar-refractivity contribution in [2.24, 2.45) is 7.05 Å². The third-order valence-electron chi connectivity index (χ3n) is 4.74. The zero-order valence-corrected chi connectivity index (χ0v) is 17.1. The first kappa shape index (κ1) is 19.1. The van der Waals surface area contributed by atoms with Crippen LogP contribution in [0.3, 0.4) is 0 Å². The highest BCUT2D eigenvalue weighted by atomic mass is 35.5. The van der Waals surface area contributed by atoms with Gasteiger partial charge in [-0.3, -0.25) is 4.98 Å². The number of likely N-dealkylation sites (N-methyl/N-ethyl adjacent to an activating group) is 1. The fourth-order valence-electron chi connectivity index (χ4n) is 3.09. The molecule has 0 saturated heterocycles. The van der Waals surface area contributed by atoms with E-state index in [0.717, 1.165) is 41.3 Å². The molecule has 4 rings (SSSR count). The minimum absolute atomic E-state index is 0.650. The molecule has 4 aromatic rings. The Morgan fingerprint density at radius 3 is 2.52 bits per heavy atom. The van der Waals surface area contributed by atoms with Crippen LogP contribution in [0.5, 0.6) is 0 Å². The molecule has 29 heavy (non-hydrogen) atoms. The van der Waals surface area contributed by atoms with Gasteiger partial charge >= 0.3 is 0 Å². The van der Waals surface area contributed by atoms with Crippen LogP contribution in [0.25, 0.3) is 22.6 Å². The van der Waals surface area contributed by atoms with Crippen LogP contribution in [-0.4, -0.2) is 38.1 Å². The number of benzene rings is 1. The number of hydrogen-bond acceptors (Lipinski definition) is 5. The summed E-state index contributed by atoms with van der Waals surface area (Å²) >= 11 is 6.06. The van der Waals surface area contributed by atoms with E-state index in [9.17, 15) is 0 Å². The predicted molar refractivity (Wildman–Crippen MR) is 116 cm³/mol. The number of nitrogens with zero attached hydrogens (tertiary/aromatic N) is 6. The maximum absolute atomic E-state index is 6.06. The zero-order chi connectivity index (χ0) is 20.2. The van der Waals surface area contributed by atoms with E-state index in [0.29, 0.717) is 11.0 Å². The average molecular weight is 405 g/mol. The van der Waals surface area contributed by atoms with Crippen LogP contribution < -0.4 is 4.90 Å². The van der Waals surface area contributed by atoms with Gasteiger partial charge in [-0.2, -0.15) is 0 Å². The number of anilines is 1. The summed E-state index contributed by atoms with van der Waals surface area (Å²) in [7, 11) is 3.95. The molecule has 146 valence electrons. The second-order valence-electron chi connectivity index (χ2n) is 6.79. The second kappa shape index (κ2) is 8.41. The van der Waals surface area contributed by atoms with E-state index in [2.05, 4.69) is 15.0 Å². The van der Waals surface area contributed by atoms with Crippen LogP contribution in [0.15, 0.2) is 67.3 Å². The largest absolute Gasteiger partial charge is 0.343 e. The lowest BCUT2D eigenvalue weighted by Gasteiger charge is -2.19. The Morgan fingerprint density at radius 1 is 1.00 bits per heavy atom. The first-order valence-electron chi connectivity index (χ1n) is 9.33. The molecule has 0 N–H and O–H groups in total. The molecule has 0 amide bonds. The summed E-state index contributed by atoms with van der Waals surface area (Å²) in [4.78, 5) is 20.4. The first-order chi connectivity index (χ1) is 14.1. The Hall–Kier alpha value is -3.25. The van der Waals surface area contributed by atoms with Gasteiger partial charge in [0.2, 0.25) is 5.95 Å². The van der Waals surface area contributed by atoms with Gasteiger partial charge in [-0.05, 0) is 29.8 Å². The SMILES string of the molecule is CN(CCc1ccccn1)c1ncc(-c2ccc(Cl)cc2)c(-c2nccn2C)n1. The molecule has 0 unspecified atom stereocenters. The highest BCUT2D eigenvalue weighted by Gasteiger charge is 2.17. The molecule has 3 heterocycles. The number of aromatic nitrogens is 5. The van der Waals surface area contributed by atoms with E-state index >= 15 is 0 Å². The van der Waals surface area contributed by atoms with Gasteiger partial charge in [-0.1, -0.05) is 29.8 Å². The molecule has 0 aliphatic rings. The zero-order valence-electron chi connectivity index (χ0n) is 16.3. The van der Waals surface area contributed by atoms with Crippen LogP contribution in [0, 0.1) is 0 Å². The van der Waals surface area contributed by atoms with Gasteiger partial charge in [0.1, 0.15) is 5.69 Å². The highest BCUT2D eigenvalue weighted by molar-refractivity contribution is 6.30. The number of rotatable bonds is 6. The predicted octanol–water partition coefficient (Wildman–Crippen LogP) is 4.27. The van der Waals surface area contributed by atoms with Crippen LogP contribution in [0.1, 0.15) is 5.69 Å². The van der Waals surface area contributed by atoms with Gasteiger partial charge in [-0.15, -0.1) is 0 Å². The normalized spacial score (nSPS) is 10.9. The smallest absolute Gasteiger partial charge is 0.225 e. The molecule has 0 aliphatic heterocycles. The van der Waals surface area contributed by atoms with E-state index in [1.54, 1.807) is 6.20 Å². The molecule has 0 fully saturated rings. The lowest BCUT2D eigenvalue weighted by Crippen LogP contribution is -2.23. The molecule has 7 heteroatoms. The van der Waals surface area contributed by atoms with E-state index in [1.165, 1.54) is 0 Å². The fraction of sp³-hybridized carbons (Fsp3) is 0.182. The van der Waals surface area contributed by atoms with Crippen molar-refractivity contribution in [1.29, 1.82) is 0 Å². The molecular weight excluding hydrogens is 384 g/mol. The molecule has 0 spiro atoms. The molecule has 0 bridgehead atoms. The summed E-state index contributed by atoms with van der Waals surface area (Å²) in [5.41, 5.74) is 3.74. The van der Waals surface area contributed by atoms with Crippen molar-refractivity contribution in [2.45, 2.75) is 6.42 Å². The third kappa shape index (κ3) is 4.27. The Morgan fingerprint density at radius 2 is 1.83 bits per heavy atom. The summed E-state index contributed by atoms with van der Waals surface area (Å²) in [6.45, 7) is 0.761. The molecule has 0 atom stereocenters. The van der Waals surface area contributed by atoms with E-state index in [4.69, 9.17) is 16.6 Å². The molecule has 6 nitrogen and oxygen atoms in total. The number of hydrogen-bond donors (Lipinski definition) is 0. The van der Waals surface area contributed by atoms with Crippen molar-refractivity contribution < 1.29 is 0 Å². The van der Waals surface area contributed by atoms with Gasteiger partial charge in [-0.25, -0.2) is 15.0 Å². The van der Waals surface area contributed by atoms with Crippen LogP contribution in [-0.2, 0) is 13.5 Å².